The van der Waals surface area contributed by atoms with Gasteiger partial charge in [-0.15, -0.1) is 0 Å². The van der Waals surface area contributed by atoms with Crippen molar-refractivity contribution in [3.05, 3.63) is 47.1 Å². The molecule has 1 atom stereocenters. The minimum atomic E-state index is -0.268. The molecule has 1 aliphatic carbocycles. The Morgan fingerprint density at radius 1 is 1.10 bits per heavy atom. The van der Waals surface area contributed by atoms with E-state index in [2.05, 4.69) is 16.2 Å². The van der Waals surface area contributed by atoms with Crippen LogP contribution in [0, 0.1) is 19.8 Å². The molecule has 0 N–H and O–H groups in total. The quantitative estimate of drug-likeness (QED) is 0.773. The molecule has 4 rings (SSSR count). The van der Waals surface area contributed by atoms with Crippen molar-refractivity contribution in [2.75, 3.05) is 19.6 Å². The van der Waals surface area contributed by atoms with Crippen LogP contribution in [-0.2, 0) is 16.0 Å². The number of carbonyl (C=O) groups excluding carboxylic acids is 2. The fourth-order valence-corrected chi connectivity index (χ4v) is 4.66. The van der Waals surface area contributed by atoms with Crippen LogP contribution in [0.5, 0.6) is 0 Å². The number of nitrogens with zero attached hydrogens (tertiary/aromatic N) is 4. The maximum absolute atomic E-state index is 13.3. The van der Waals surface area contributed by atoms with E-state index < -0.39 is 0 Å². The zero-order valence-electron chi connectivity index (χ0n) is 17.8. The Morgan fingerprint density at radius 2 is 1.90 bits per heavy atom. The molecule has 2 fully saturated rings. The van der Waals surface area contributed by atoms with Crippen molar-refractivity contribution in [2.24, 2.45) is 5.92 Å². The first-order valence-electron chi connectivity index (χ1n) is 11.0. The van der Waals surface area contributed by atoms with Crippen molar-refractivity contribution < 1.29 is 14.1 Å². The Balaban J connectivity index is 1.50. The summed E-state index contributed by atoms with van der Waals surface area (Å²) in [6.07, 6.45) is 5.09. The van der Waals surface area contributed by atoms with Crippen molar-refractivity contribution in [2.45, 2.75) is 58.4 Å². The smallest absolute Gasteiger partial charge is 0.249 e. The molecule has 1 unspecified atom stereocenters. The predicted molar refractivity (Wildman–Crippen MR) is 112 cm³/mol. The second-order valence-electron chi connectivity index (χ2n) is 8.54. The first kappa shape index (κ1) is 20.6. The van der Waals surface area contributed by atoms with Crippen LogP contribution in [0.1, 0.15) is 61.0 Å². The third-order valence-electron chi connectivity index (χ3n) is 6.27. The Hall–Kier alpha value is -2.70. The predicted octanol–water partition coefficient (Wildman–Crippen LogP) is 3.22. The molecule has 1 aliphatic heterocycles. The minimum Gasteiger partial charge on any atom is -0.341 e. The number of hydrogen-bond acceptors (Lipinski definition) is 5. The van der Waals surface area contributed by atoms with Crippen LogP contribution in [0.3, 0.4) is 0 Å². The minimum absolute atomic E-state index is 0.0751. The molecule has 1 saturated carbocycles. The van der Waals surface area contributed by atoms with E-state index in [1.165, 1.54) is 0 Å². The highest BCUT2D eigenvalue weighted by atomic mass is 16.5. The lowest BCUT2D eigenvalue weighted by molar-refractivity contribution is -0.138. The van der Waals surface area contributed by atoms with Crippen LogP contribution < -0.4 is 0 Å². The van der Waals surface area contributed by atoms with Gasteiger partial charge in [0.2, 0.25) is 17.7 Å². The fourth-order valence-electron chi connectivity index (χ4n) is 4.66. The van der Waals surface area contributed by atoms with Gasteiger partial charge in [-0.05, 0) is 38.7 Å². The van der Waals surface area contributed by atoms with E-state index in [0.29, 0.717) is 44.2 Å². The van der Waals surface area contributed by atoms with Gasteiger partial charge in [0.25, 0.3) is 0 Å². The Morgan fingerprint density at radius 3 is 2.60 bits per heavy atom. The fraction of sp³-hybridized carbons (Fsp3) is 0.565. The van der Waals surface area contributed by atoms with Gasteiger partial charge in [0.15, 0.2) is 5.82 Å². The van der Waals surface area contributed by atoms with Crippen molar-refractivity contribution >= 4 is 11.8 Å². The first-order chi connectivity index (χ1) is 14.5. The Labute approximate surface area is 177 Å². The van der Waals surface area contributed by atoms with Crippen molar-refractivity contribution in [3.8, 4) is 0 Å². The van der Waals surface area contributed by atoms with Gasteiger partial charge in [-0.25, -0.2) is 0 Å². The summed E-state index contributed by atoms with van der Waals surface area (Å²) in [6.45, 7) is 5.42. The molecule has 30 heavy (non-hydrogen) atoms. The van der Waals surface area contributed by atoms with Crippen molar-refractivity contribution in [3.63, 3.8) is 0 Å². The largest absolute Gasteiger partial charge is 0.341 e. The number of carbonyl (C=O) groups is 2. The zero-order chi connectivity index (χ0) is 21.1. The van der Waals surface area contributed by atoms with Crippen LogP contribution in [0.2, 0.25) is 0 Å². The average Bonchev–Trinajstić information content (AvgIpc) is 3.35. The van der Waals surface area contributed by atoms with Crippen LogP contribution in [-0.4, -0.2) is 51.4 Å². The van der Waals surface area contributed by atoms with Crippen LogP contribution in [0.15, 0.2) is 28.8 Å². The maximum Gasteiger partial charge on any atom is 0.249 e. The molecule has 1 aromatic heterocycles. The molecular formula is C23H30N4O3. The molecule has 2 aromatic rings. The lowest BCUT2D eigenvalue weighted by Crippen LogP contribution is -2.41. The second kappa shape index (κ2) is 8.98. The summed E-state index contributed by atoms with van der Waals surface area (Å²) in [6, 6.07) is 7.79. The highest BCUT2D eigenvalue weighted by Gasteiger charge is 2.37. The summed E-state index contributed by atoms with van der Waals surface area (Å²) in [5.41, 5.74) is 2.17. The highest BCUT2D eigenvalue weighted by molar-refractivity contribution is 5.81. The molecule has 1 saturated heterocycles. The summed E-state index contributed by atoms with van der Waals surface area (Å²) in [4.78, 5) is 34.4. The van der Waals surface area contributed by atoms with Crippen LogP contribution >= 0.6 is 0 Å². The average molecular weight is 411 g/mol. The third kappa shape index (κ3) is 4.55. The maximum atomic E-state index is 13.3. The van der Waals surface area contributed by atoms with Crippen LogP contribution in [0.25, 0.3) is 0 Å². The Bertz CT molecular complexity index is 903. The topological polar surface area (TPSA) is 79.5 Å². The number of benzene rings is 1. The third-order valence-corrected chi connectivity index (χ3v) is 6.27. The molecule has 2 heterocycles. The van der Waals surface area contributed by atoms with Crippen LogP contribution in [0.4, 0.5) is 0 Å². The number of aromatic nitrogens is 2. The van der Waals surface area contributed by atoms with E-state index in [1.54, 1.807) is 6.92 Å². The monoisotopic (exact) mass is 410 g/mol. The molecule has 0 radical (unpaired) electrons. The standard InChI is InChI=1S/C23H30N4O3/c1-16-6-5-7-18(14-16)15-21(28)26-11-10-20(22-24-17(2)25-30-22)27(13-12-26)23(29)19-8-3-4-9-19/h5-7,14,19-20H,3-4,8-13,15H2,1-2H3. The molecule has 7 heteroatoms. The highest BCUT2D eigenvalue weighted by Crippen LogP contribution is 2.32. The lowest BCUT2D eigenvalue weighted by atomic mass is 10.0. The zero-order valence-corrected chi connectivity index (χ0v) is 17.8. The van der Waals surface area contributed by atoms with Gasteiger partial charge in [-0.2, -0.15) is 4.98 Å². The normalized spacial score (nSPS) is 20.4. The molecule has 0 spiro atoms. The van der Waals surface area contributed by atoms with E-state index in [4.69, 9.17) is 4.52 Å². The summed E-state index contributed by atoms with van der Waals surface area (Å²) in [7, 11) is 0. The lowest BCUT2D eigenvalue weighted by Gasteiger charge is -2.29. The summed E-state index contributed by atoms with van der Waals surface area (Å²) in [5.74, 6) is 1.38. The molecular weight excluding hydrogens is 380 g/mol. The van der Waals surface area contributed by atoms with E-state index in [1.807, 2.05) is 34.9 Å². The summed E-state index contributed by atoms with van der Waals surface area (Å²) in [5, 5.41) is 3.93. The summed E-state index contributed by atoms with van der Waals surface area (Å²) < 4.78 is 5.45. The van der Waals surface area contributed by atoms with Gasteiger partial charge in [-0.1, -0.05) is 47.8 Å². The molecule has 0 bridgehead atoms. The van der Waals surface area contributed by atoms with Gasteiger partial charge in [0.1, 0.15) is 6.04 Å². The summed E-state index contributed by atoms with van der Waals surface area (Å²) >= 11 is 0. The van der Waals surface area contributed by atoms with Gasteiger partial charge < -0.3 is 14.3 Å². The number of amides is 2. The van der Waals surface area contributed by atoms with Gasteiger partial charge in [0, 0.05) is 25.6 Å². The van der Waals surface area contributed by atoms with E-state index in [0.717, 1.165) is 36.8 Å². The second-order valence-corrected chi connectivity index (χ2v) is 8.54. The molecule has 2 aliphatic rings. The van der Waals surface area contributed by atoms with E-state index in [-0.39, 0.29) is 23.8 Å². The number of aryl methyl sites for hydroxylation is 2. The molecule has 160 valence electrons. The number of rotatable bonds is 4. The van der Waals surface area contributed by atoms with Crippen molar-refractivity contribution in [1.82, 2.24) is 19.9 Å². The van der Waals surface area contributed by atoms with Gasteiger partial charge in [0.05, 0.1) is 6.42 Å². The molecule has 2 amide bonds. The molecule has 7 nitrogen and oxygen atoms in total. The Kier molecular flexibility index (Phi) is 6.16. The number of hydrogen-bond donors (Lipinski definition) is 0. The van der Waals surface area contributed by atoms with E-state index >= 15 is 0 Å². The first-order valence-corrected chi connectivity index (χ1v) is 11.0. The van der Waals surface area contributed by atoms with E-state index in [9.17, 15) is 9.59 Å². The van der Waals surface area contributed by atoms with Gasteiger partial charge in [-0.3, -0.25) is 9.59 Å². The molecule has 1 aromatic carbocycles. The van der Waals surface area contributed by atoms with Gasteiger partial charge >= 0.3 is 0 Å². The van der Waals surface area contributed by atoms with Crippen molar-refractivity contribution in [1.29, 1.82) is 0 Å². The SMILES string of the molecule is Cc1cccc(CC(=O)N2CCC(c3nc(C)no3)N(C(=O)C3CCCC3)CC2)c1.